The first-order chi connectivity index (χ1) is 11.8. The fourth-order valence-corrected chi connectivity index (χ4v) is 2.80. The first kappa shape index (κ1) is 18.2. The van der Waals surface area contributed by atoms with Crippen molar-refractivity contribution in [2.45, 2.75) is 40.8 Å². The summed E-state index contributed by atoms with van der Waals surface area (Å²) < 4.78 is 2.02. The monoisotopic (exact) mass is 340 g/mol. The molecule has 2 aromatic rings. The molecule has 0 saturated heterocycles. The van der Waals surface area contributed by atoms with Crippen LogP contribution in [0.25, 0.3) is 0 Å². The van der Waals surface area contributed by atoms with E-state index >= 15 is 0 Å². The maximum Gasteiger partial charge on any atom is 0.331 e. The van der Waals surface area contributed by atoms with E-state index in [0.29, 0.717) is 12.2 Å². The lowest BCUT2D eigenvalue weighted by Crippen LogP contribution is -2.43. The highest BCUT2D eigenvalue weighted by Gasteiger charge is 2.15. The number of nitrogens with one attached hydrogen (secondary N) is 1. The molecule has 7 nitrogen and oxygen atoms in total. The summed E-state index contributed by atoms with van der Waals surface area (Å²) in [6.07, 6.45) is 1.22. The van der Waals surface area contributed by atoms with Crippen molar-refractivity contribution in [3.05, 3.63) is 61.4 Å². The highest BCUT2D eigenvalue weighted by atomic mass is 16.2. The number of anilines is 1. The van der Waals surface area contributed by atoms with Gasteiger partial charge in [-0.15, -0.1) is 0 Å². The number of aromatic nitrogens is 2. The van der Waals surface area contributed by atoms with E-state index in [1.165, 1.54) is 10.8 Å². The smallest absolute Gasteiger partial charge is 0.324 e. The topological polar surface area (TPSA) is 96.9 Å². The van der Waals surface area contributed by atoms with Gasteiger partial charge >= 0.3 is 5.69 Å². The molecule has 0 fully saturated rings. The van der Waals surface area contributed by atoms with Gasteiger partial charge in [0.15, 0.2) is 0 Å². The summed E-state index contributed by atoms with van der Waals surface area (Å²) in [6.45, 7) is 7.29. The van der Waals surface area contributed by atoms with E-state index < -0.39 is 23.7 Å². The van der Waals surface area contributed by atoms with E-state index in [4.69, 9.17) is 5.26 Å². The molecule has 0 bridgehead atoms. The standard InChI is InChI=1S/C18H20N4O3/c1-5-21-9-14(8-19)17(24)22(18(21)25)10-15(23)20-16-12(3)6-11(2)7-13(16)4/h6-7,9H,5,10H2,1-4H3,(H,20,23). The van der Waals surface area contributed by atoms with Gasteiger partial charge < -0.3 is 5.32 Å². The molecule has 0 radical (unpaired) electrons. The lowest BCUT2D eigenvalue weighted by atomic mass is 10.1. The number of carbonyl (C=O) groups excluding carboxylic acids is 1. The Morgan fingerprint density at radius 1 is 1.20 bits per heavy atom. The number of amides is 1. The average Bonchev–Trinajstić information content (AvgIpc) is 2.55. The van der Waals surface area contributed by atoms with Crippen LogP contribution in [0.5, 0.6) is 0 Å². The Bertz CT molecular complexity index is 970. The molecule has 0 saturated carbocycles. The highest BCUT2D eigenvalue weighted by molar-refractivity contribution is 5.92. The van der Waals surface area contributed by atoms with Crippen molar-refractivity contribution in [1.82, 2.24) is 9.13 Å². The zero-order valence-corrected chi connectivity index (χ0v) is 14.7. The average molecular weight is 340 g/mol. The van der Waals surface area contributed by atoms with Gasteiger partial charge in [-0.1, -0.05) is 17.7 Å². The number of carbonyl (C=O) groups is 1. The van der Waals surface area contributed by atoms with Gasteiger partial charge in [0.1, 0.15) is 18.2 Å². The van der Waals surface area contributed by atoms with E-state index in [9.17, 15) is 14.4 Å². The van der Waals surface area contributed by atoms with Crippen molar-refractivity contribution in [1.29, 1.82) is 5.26 Å². The third kappa shape index (κ3) is 3.69. The van der Waals surface area contributed by atoms with Crippen LogP contribution < -0.4 is 16.6 Å². The van der Waals surface area contributed by atoms with Crippen LogP contribution in [0, 0.1) is 32.1 Å². The number of benzene rings is 1. The van der Waals surface area contributed by atoms with Crippen LogP contribution in [-0.2, 0) is 17.9 Å². The van der Waals surface area contributed by atoms with Crippen molar-refractivity contribution in [3.63, 3.8) is 0 Å². The van der Waals surface area contributed by atoms with Crippen LogP contribution in [0.15, 0.2) is 27.9 Å². The SMILES string of the molecule is CCn1cc(C#N)c(=O)n(CC(=O)Nc2c(C)cc(C)cc2C)c1=O. The Morgan fingerprint density at radius 3 is 2.32 bits per heavy atom. The van der Waals surface area contributed by atoms with E-state index in [1.807, 2.05) is 32.9 Å². The van der Waals surface area contributed by atoms with Crippen LogP contribution in [0.4, 0.5) is 5.69 Å². The fraction of sp³-hybridized carbons (Fsp3) is 0.333. The van der Waals surface area contributed by atoms with Crippen molar-refractivity contribution in [2.75, 3.05) is 5.32 Å². The highest BCUT2D eigenvalue weighted by Crippen LogP contribution is 2.21. The van der Waals surface area contributed by atoms with Crippen molar-refractivity contribution in [3.8, 4) is 6.07 Å². The predicted octanol–water partition coefficient (Wildman–Crippen LogP) is 1.47. The Morgan fingerprint density at radius 2 is 1.80 bits per heavy atom. The maximum atomic E-state index is 12.4. The molecule has 0 unspecified atom stereocenters. The molecular weight excluding hydrogens is 320 g/mol. The zero-order chi connectivity index (χ0) is 18.7. The number of rotatable bonds is 4. The Labute approximate surface area is 145 Å². The van der Waals surface area contributed by atoms with E-state index in [0.717, 1.165) is 21.3 Å². The molecule has 1 heterocycles. The van der Waals surface area contributed by atoms with Crippen LogP contribution in [0.3, 0.4) is 0 Å². The first-order valence-corrected chi connectivity index (χ1v) is 7.90. The van der Waals surface area contributed by atoms with Gasteiger partial charge in [-0.2, -0.15) is 5.26 Å². The zero-order valence-electron chi connectivity index (χ0n) is 14.7. The number of nitrogens with zero attached hydrogens (tertiary/aromatic N) is 3. The van der Waals surface area contributed by atoms with Gasteiger partial charge in [0.2, 0.25) is 5.91 Å². The summed E-state index contributed by atoms with van der Waals surface area (Å²) in [7, 11) is 0. The number of hydrogen-bond donors (Lipinski definition) is 1. The molecule has 25 heavy (non-hydrogen) atoms. The molecule has 2 rings (SSSR count). The lowest BCUT2D eigenvalue weighted by molar-refractivity contribution is -0.116. The summed E-state index contributed by atoms with van der Waals surface area (Å²) in [4.78, 5) is 36.9. The molecule has 1 aromatic heterocycles. The van der Waals surface area contributed by atoms with Crippen LogP contribution >= 0.6 is 0 Å². The molecule has 7 heteroatoms. The second kappa shape index (κ2) is 7.18. The molecule has 0 spiro atoms. The van der Waals surface area contributed by atoms with Gasteiger partial charge in [0, 0.05) is 18.4 Å². The summed E-state index contributed by atoms with van der Waals surface area (Å²) in [6, 6.07) is 5.64. The molecule has 1 amide bonds. The van der Waals surface area contributed by atoms with Crippen molar-refractivity contribution < 1.29 is 4.79 Å². The second-order valence-electron chi connectivity index (χ2n) is 5.94. The van der Waals surface area contributed by atoms with E-state index in [1.54, 1.807) is 13.0 Å². The normalized spacial score (nSPS) is 10.4. The third-order valence-electron chi connectivity index (χ3n) is 3.94. The molecule has 0 aliphatic heterocycles. The summed E-state index contributed by atoms with van der Waals surface area (Å²) in [5.74, 6) is -0.494. The van der Waals surface area contributed by atoms with E-state index in [2.05, 4.69) is 5.32 Å². The number of hydrogen-bond acceptors (Lipinski definition) is 4. The summed E-state index contributed by atoms with van der Waals surface area (Å²) >= 11 is 0. The fourth-order valence-electron chi connectivity index (χ4n) is 2.80. The molecular formula is C18H20N4O3. The van der Waals surface area contributed by atoms with Gasteiger partial charge in [-0.3, -0.25) is 14.2 Å². The summed E-state index contributed by atoms with van der Waals surface area (Å²) in [5, 5.41) is 11.8. The van der Waals surface area contributed by atoms with Gasteiger partial charge in [0.05, 0.1) is 0 Å². The quantitative estimate of drug-likeness (QED) is 0.911. The second-order valence-corrected chi connectivity index (χ2v) is 5.94. The van der Waals surface area contributed by atoms with Gasteiger partial charge in [-0.05, 0) is 38.8 Å². The lowest BCUT2D eigenvalue weighted by Gasteiger charge is -2.14. The molecule has 1 N–H and O–H groups in total. The van der Waals surface area contributed by atoms with Crippen LogP contribution in [0.2, 0.25) is 0 Å². The van der Waals surface area contributed by atoms with Gasteiger partial charge in [-0.25, -0.2) is 9.36 Å². The molecule has 0 atom stereocenters. The van der Waals surface area contributed by atoms with E-state index in [-0.39, 0.29) is 5.56 Å². The molecule has 0 aliphatic rings. The van der Waals surface area contributed by atoms with Crippen molar-refractivity contribution in [2.24, 2.45) is 0 Å². The Balaban J connectivity index is 2.38. The molecule has 1 aromatic carbocycles. The van der Waals surface area contributed by atoms with Crippen LogP contribution in [-0.4, -0.2) is 15.0 Å². The minimum Gasteiger partial charge on any atom is -0.324 e. The largest absolute Gasteiger partial charge is 0.331 e. The molecule has 0 aliphatic carbocycles. The number of nitriles is 1. The third-order valence-corrected chi connectivity index (χ3v) is 3.94. The minimum atomic E-state index is -0.760. The van der Waals surface area contributed by atoms with Crippen molar-refractivity contribution >= 4 is 11.6 Å². The minimum absolute atomic E-state index is 0.169. The molecule has 130 valence electrons. The Kier molecular flexibility index (Phi) is 5.22. The predicted molar refractivity (Wildman–Crippen MR) is 94.6 cm³/mol. The number of aryl methyl sites for hydroxylation is 4. The van der Waals surface area contributed by atoms with Gasteiger partial charge in [0.25, 0.3) is 5.56 Å². The van der Waals surface area contributed by atoms with Crippen LogP contribution in [0.1, 0.15) is 29.2 Å². The Hall–Kier alpha value is -3.14. The summed E-state index contributed by atoms with van der Waals surface area (Å²) in [5.41, 5.74) is 2.00. The first-order valence-electron chi connectivity index (χ1n) is 7.90. The maximum absolute atomic E-state index is 12.4.